The Morgan fingerprint density at radius 2 is 2.07 bits per heavy atom. The molecule has 1 unspecified atom stereocenters. The van der Waals surface area contributed by atoms with Gasteiger partial charge in [0, 0.05) is 0 Å². The summed E-state index contributed by atoms with van der Waals surface area (Å²) in [7, 11) is 0. The lowest BCUT2D eigenvalue weighted by molar-refractivity contribution is 0.949. The van der Waals surface area contributed by atoms with Gasteiger partial charge in [0.15, 0.2) is 0 Å². The average molecular weight is 218 g/mol. The van der Waals surface area contributed by atoms with E-state index in [1.165, 1.54) is 16.7 Å². The molecular weight excluding hydrogens is 200 g/mol. The Hall–Kier alpha value is -0.950. The first-order valence-corrected chi connectivity index (χ1v) is 5.58. The molecule has 15 heavy (non-hydrogen) atoms. The molecule has 0 aliphatic heterocycles. The van der Waals surface area contributed by atoms with E-state index >= 15 is 0 Å². The lowest BCUT2D eigenvalue weighted by Crippen LogP contribution is -1.94. The van der Waals surface area contributed by atoms with Gasteiger partial charge in [-0.05, 0) is 35.8 Å². The van der Waals surface area contributed by atoms with Crippen LogP contribution in [0.1, 0.15) is 29.5 Å². The molecule has 0 aliphatic carbocycles. The molecule has 0 amide bonds. The van der Waals surface area contributed by atoms with Gasteiger partial charge < -0.3 is 0 Å². The lowest BCUT2D eigenvalue weighted by atomic mass is 9.94. The van der Waals surface area contributed by atoms with Crippen molar-refractivity contribution < 1.29 is 0 Å². The molecule has 0 fully saturated rings. The molecule has 0 radical (unpaired) electrons. The van der Waals surface area contributed by atoms with E-state index < -0.39 is 0 Å². The Balaban J connectivity index is 2.95. The molecule has 0 bridgehead atoms. The smallest absolute Gasteiger partial charge is 0.000421 e. The van der Waals surface area contributed by atoms with E-state index in [9.17, 15) is 0 Å². The molecule has 0 saturated carbocycles. The summed E-state index contributed by atoms with van der Waals surface area (Å²) in [5, 5.41) is 0. The van der Waals surface area contributed by atoms with Gasteiger partial charge in [-0.1, -0.05) is 49.4 Å². The SMILES string of the molecule is C=C(S)/C=C\C(C)c1cc(C)ccc1C. The first-order valence-electron chi connectivity index (χ1n) is 5.14. The summed E-state index contributed by atoms with van der Waals surface area (Å²) in [5.74, 6) is 0.411. The number of benzene rings is 1. The molecule has 0 heterocycles. The topological polar surface area (TPSA) is 0 Å². The van der Waals surface area contributed by atoms with Crippen LogP contribution in [-0.4, -0.2) is 0 Å². The van der Waals surface area contributed by atoms with Crippen molar-refractivity contribution in [3.8, 4) is 0 Å². The van der Waals surface area contributed by atoms with Gasteiger partial charge >= 0.3 is 0 Å². The van der Waals surface area contributed by atoms with E-state index in [0.29, 0.717) is 5.92 Å². The zero-order valence-corrected chi connectivity index (χ0v) is 10.5. The highest BCUT2D eigenvalue weighted by molar-refractivity contribution is 7.84. The van der Waals surface area contributed by atoms with E-state index in [4.69, 9.17) is 0 Å². The van der Waals surface area contributed by atoms with Crippen LogP contribution in [0.2, 0.25) is 0 Å². The second kappa shape index (κ2) is 5.22. The number of aryl methyl sites for hydroxylation is 2. The van der Waals surface area contributed by atoms with E-state index in [1.54, 1.807) is 0 Å². The van der Waals surface area contributed by atoms with E-state index in [2.05, 4.69) is 64.3 Å². The predicted octanol–water partition coefficient (Wildman–Crippen LogP) is 4.41. The molecule has 0 aliphatic rings. The molecule has 1 aromatic rings. The van der Waals surface area contributed by atoms with Gasteiger partial charge in [-0.15, -0.1) is 12.6 Å². The van der Waals surface area contributed by atoms with Crippen molar-refractivity contribution in [3.63, 3.8) is 0 Å². The minimum Gasteiger partial charge on any atom is -0.144 e. The fourth-order valence-corrected chi connectivity index (χ4v) is 1.70. The van der Waals surface area contributed by atoms with Crippen LogP contribution < -0.4 is 0 Å². The van der Waals surface area contributed by atoms with Crippen molar-refractivity contribution in [2.75, 3.05) is 0 Å². The minimum atomic E-state index is 0.411. The summed E-state index contributed by atoms with van der Waals surface area (Å²) >= 11 is 4.15. The predicted molar refractivity (Wildman–Crippen MR) is 71.6 cm³/mol. The number of hydrogen-bond acceptors (Lipinski definition) is 1. The highest BCUT2D eigenvalue weighted by Crippen LogP contribution is 2.22. The number of rotatable bonds is 3. The normalized spacial score (nSPS) is 13.1. The van der Waals surface area contributed by atoms with Crippen molar-refractivity contribution in [3.05, 3.63) is 58.5 Å². The number of thiol groups is 1. The Bertz CT molecular complexity index is 388. The van der Waals surface area contributed by atoms with Gasteiger partial charge in [-0.3, -0.25) is 0 Å². The van der Waals surface area contributed by atoms with Gasteiger partial charge in [-0.25, -0.2) is 0 Å². The molecule has 80 valence electrons. The summed E-state index contributed by atoms with van der Waals surface area (Å²) in [6.07, 6.45) is 4.09. The average Bonchev–Trinajstić information content (AvgIpc) is 2.18. The molecule has 1 atom stereocenters. The molecule has 0 aromatic heterocycles. The van der Waals surface area contributed by atoms with Crippen LogP contribution >= 0.6 is 12.6 Å². The van der Waals surface area contributed by atoms with E-state index in [1.807, 2.05) is 6.08 Å². The first-order chi connectivity index (χ1) is 7.00. The highest BCUT2D eigenvalue weighted by atomic mass is 32.1. The van der Waals surface area contributed by atoms with E-state index in [-0.39, 0.29) is 0 Å². The minimum absolute atomic E-state index is 0.411. The fourth-order valence-electron chi connectivity index (χ4n) is 1.61. The summed E-state index contributed by atoms with van der Waals surface area (Å²) in [6.45, 7) is 10.2. The van der Waals surface area contributed by atoms with Gasteiger partial charge in [0.25, 0.3) is 0 Å². The van der Waals surface area contributed by atoms with Crippen LogP contribution in [0.15, 0.2) is 41.8 Å². The van der Waals surface area contributed by atoms with Crippen LogP contribution in [0.25, 0.3) is 0 Å². The van der Waals surface area contributed by atoms with Crippen molar-refractivity contribution in [1.29, 1.82) is 0 Å². The van der Waals surface area contributed by atoms with Crippen LogP contribution in [0, 0.1) is 13.8 Å². The highest BCUT2D eigenvalue weighted by Gasteiger charge is 2.04. The summed E-state index contributed by atoms with van der Waals surface area (Å²) < 4.78 is 0. The Kier molecular flexibility index (Phi) is 4.22. The quantitative estimate of drug-likeness (QED) is 0.564. The van der Waals surface area contributed by atoms with Crippen LogP contribution in [0.4, 0.5) is 0 Å². The van der Waals surface area contributed by atoms with Crippen molar-refractivity contribution in [1.82, 2.24) is 0 Å². The van der Waals surface area contributed by atoms with Crippen molar-refractivity contribution in [2.45, 2.75) is 26.7 Å². The molecule has 0 nitrogen and oxygen atoms in total. The molecular formula is C14H18S. The van der Waals surface area contributed by atoms with Gasteiger partial charge in [0.1, 0.15) is 0 Å². The van der Waals surface area contributed by atoms with Crippen molar-refractivity contribution >= 4 is 12.6 Å². The Labute approximate surface area is 98.1 Å². The zero-order chi connectivity index (χ0) is 11.4. The van der Waals surface area contributed by atoms with Gasteiger partial charge in [-0.2, -0.15) is 0 Å². The summed E-state index contributed by atoms with van der Waals surface area (Å²) in [6, 6.07) is 6.56. The third kappa shape index (κ3) is 3.60. The van der Waals surface area contributed by atoms with Gasteiger partial charge in [0.05, 0.1) is 0 Å². The first kappa shape index (κ1) is 12.1. The Morgan fingerprint density at radius 1 is 1.40 bits per heavy atom. The van der Waals surface area contributed by atoms with Crippen LogP contribution in [-0.2, 0) is 0 Å². The van der Waals surface area contributed by atoms with E-state index in [0.717, 1.165) is 4.91 Å². The maximum atomic E-state index is 4.15. The fraction of sp³-hybridized carbons (Fsp3) is 0.286. The van der Waals surface area contributed by atoms with Crippen LogP contribution in [0.3, 0.4) is 0 Å². The molecule has 0 spiro atoms. The largest absolute Gasteiger partial charge is 0.144 e. The number of allylic oxidation sites excluding steroid dienone is 2. The molecule has 1 aromatic carbocycles. The molecule has 1 heteroatoms. The summed E-state index contributed by atoms with van der Waals surface area (Å²) in [4.78, 5) is 0.798. The lowest BCUT2D eigenvalue weighted by Gasteiger charge is -2.11. The Morgan fingerprint density at radius 3 is 2.67 bits per heavy atom. The maximum absolute atomic E-state index is 4.15. The third-order valence-corrected chi connectivity index (χ3v) is 2.65. The molecule has 0 saturated heterocycles. The summed E-state index contributed by atoms with van der Waals surface area (Å²) in [5.41, 5.74) is 4.02. The van der Waals surface area contributed by atoms with Crippen molar-refractivity contribution in [2.24, 2.45) is 0 Å². The second-order valence-corrected chi connectivity index (χ2v) is 4.57. The number of hydrogen-bond donors (Lipinski definition) is 1. The maximum Gasteiger partial charge on any atom is -0.000421 e. The van der Waals surface area contributed by atoms with Crippen LogP contribution in [0.5, 0.6) is 0 Å². The molecule has 0 N–H and O–H groups in total. The molecule has 1 rings (SSSR count). The second-order valence-electron chi connectivity index (χ2n) is 4.00. The zero-order valence-electron chi connectivity index (χ0n) is 9.62. The third-order valence-electron chi connectivity index (χ3n) is 2.50. The standard InChI is InChI=1S/C14H18S/c1-10-5-6-11(2)14(9-10)12(3)7-8-13(4)15/h5-9,12,15H,4H2,1-3H3/b8-7-. The monoisotopic (exact) mass is 218 g/mol. The van der Waals surface area contributed by atoms with Gasteiger partial charge in [0.2, 0.25) is 0 Å².